The molecule has 15 heavy (non-hydrogen) atoms. The maximum atomic E-state index is 12.4. The van der Waals surface area contributed by atoms with Crippen LogP contribution in [0, 0.1) is 0 Å². The summed E-state index contributed by atoms with van der Waals surface area (Å²) in [4.78, 5) is 3.28. The molecule has 8 heteroatoms. The lowest BCUT2D eigenvalue weighted by atomic mass is 10.1. The zero-order valence-electron chi connectivity index (χ0n) is 6.75. The molecule has 0 bridgehead atoms. The Hall–Kier alpha value is -0.430. The Morgan fingerprint density at radius 3 is 2.20 bits per heavy atom. The average Bonchev–Trinajstić information content (AvgIpc) is 2.05. The van der Waals surface area contributed by atoms with Gasteiger partial charge in [-0.2, -0.15) is 13.2 Å². The largest absolute Gasteiger partial charge is 0.418 e. The number of halogens is 7. The minimum absolute atomic E-state index is 0.561. The van der Waals surface area contributed by atoms with Crippen molar-refractivity contribution in [2.75, 3.05) is 0 Å². The quantitative estimate of drug-likeness (QED) is 0.551. The second-order valence-electron chi connectivity index (χ2n) is 2.48. The number of pyridine rings is 1. The van der Waals surface area contributed by atoms with E-state index < -0.39 is 33.4 Å². The first-order chi connectivity index (χ1) is 6.75. The summed E-state index contributed by atoms with van der Waals surface area (Å²) in [5, 5.41) is -0.846. The molecule has 0 aliphatic rings. The molecule has 1 rings (SSSR count). The fourth-order valence-electron chi connectivity index (χ4n) is 0.966. The number of nitrogens with zero attached hydrogens (tertiary/aromatic N) is 1. The van der Waals surface area contributed by atoms with E-state index in [9.17, 15) is 22.0 Å². The minimum Gasteiger partial charge on any atom is -0.247 e. The second kappa shape index (κ2) is 4.21. The van der Waals surface area contributed by atoms with Crippen molar-refractivity contribution in [2.24, 2.45) is 0 Å². The summed E-state index contributed by atoms with van der Waals surface area (Å²) >= 11 is 7.72. The van der Waals surface area contributed by atoms with Gasteiger partial charge < -0.3 is 0 Å². The first kappa shape index (κ1) is 12.6. The zero-order chi connectivity index (χ0) is 11.8. The average molecular weight is 310 g/mol. The van der Waals surface area contributed by atoms with Crippen LogP contribution in [0.3, 0.4) is 0 Å². The Labute approximate surface area is 94.4 Å². The van der Waals surface area contributed by atoms with Crippen LogP contribution in [-0.2, 0) is 6.18 Å². The number of hydrogen-bond donors (Lipinski definition) is 0. The molecule has 0 aromatic carbocycles. The van der Waals surface area contributed by atoms with Gasteiger partial charge in [0, 0.05) is 6.20 Å². The summed E-state index contributed by atoms with van der Waals surface area (Å²) in [6.45, 7) is 0. The highest BCUT2D eigenvalue weighted by molar-refractivity contribution is 9.10. The van der Waals surface area contributed by atoms with Crippen LogP contribution in [-0.4, -0.2) is 4.98 Å². The first-order valence-electron chi connectivity index (χ1n) is 3.44. The van der Waals surface area contributed by atoms with Crippen molar-refractivity contribution in [1.82, 2.24) is 4.98 Å². The van der Waals surface area contributed by atoms with Gasteiger partial charge >= 0.3 is 6.18 Å². The van der Waals surface area contributed by atoms with Crippen molar-refractivity contribution in [3.8, 4) is 0 Å². The van der Waals surface area contributed by atoms with E-state index in [4.69, 9.17) is 11.6 Å². The maximum absolute atomic E-state index is 12.4. The predicted octanol–water partition coefficient (Wildman–Crippen LogP) is 4.45. The van der Waals surface area contributed by atoms with Crippen LogP contribution in [0.1, 0.15) is 17.6 Å². The Bertz CT molecular complexity index is 378. The van der Waals surface area contributed by atoms with E-state index >= 15 is 0 Å². The van der Waals surface area contributed by atoms with Crippen LogP contribution >= 0.6 is 27.5 Å². The number of rotatable bonds is 1. The third-order valence-electron chi connectivity index (χ3n) is 1.52. The second-order valence-corrected chi connectivity index (χ2v) is 3.64. The van der Waals surface area contributed by atoms with Crippen molar-refractivity contribution in [1.29, 1.82) is 0 Å². The van der Waals surface area contributed by atoms with Crippen molar-refractivity contribution >= 4 is 27.5 Å². The molecule has 1 heterocycles. The van der Waals surface area contributed by atoms with Gasteiger partial charge in [-0.15, -0.1) is 0 Å². The van der Waals surface area contributed by atoms with E-state index in [-0.39, 0.29) is 0 Å². The first-order valence-corrected chi connectivity index (χ1v) is 4.61. The van der Waals surface area contributed by atoms with E-state index in [1.54, 1.807) is 0 Å². The topological polar surface area (TPSA) is 12.9 Å². The van der Waals surface area contributed by atoms with E-state index in [2.05, 4.69) is 20.9 Å². The third-order valence-corrected chi connectivity index (χ3v) is 2.44. The van der Waals surface area contributed by atoms with E-state index in [0.29, 0.717) is 6.20 Å². The van der Waals surface area contributed by atoms with Gasteiger partial charge in [-0.3, -0.25) is 0 Å². The van der Waals surface area contributed by atoms with Crippen LogP contribution < -0.4 is 0 Å². The summed E-state index contributed by atoms with van der Waals surface area (Å²) in [6, 6.07) is 0. The van der Waals surface area contributed by atoms with Gasteiger partial charge in [0.05, 0.1) is 16.1 Å². The molecule has 1 aromatic rings. The standard InChI is InChI=1S/C7H2BrClF5N/c8-5-3(6(10)11)4(7(12,13)14)2(9)1-15-5/h1,6H. The fraction of sp³-hybridized carbons (Fsp3) is 0.286. The van der Waals surface area contributed by atoms with Gasteiger partial charge in [-0.25, -0.2) is 13.8 Å². The lowest BCUT2D eigenvalue weighted by Gasteiger charge is -2.14. The minimum atomic E-state index is -4.94. The molecule has 0 saturated heterocycles. The molecule has 0 amide bonds. The molecule has 0 saturated carbocycles. The van der Waals surface area contributed by atoms with Gasteiger partial charge in [-0.05, 0) is 15.9 Å². The molecule has 0 fully saturated rings. The predicted molar refractivity (Wildman–Crippen MR) is 46.9 cm³/mol. The molecular formula is C7H2BrClF5N. The van der Waals surface area contributed by atoms with Crippen LogP contribution in [0.4, 0.5) is 22.0 Å². The van der Waals surface area contributed by atoms with E-state index in [1.807, 2.05) is 0 Å². The zero-order valence-corrected chi connectivity index (χ0v) is 9.09. The third kappa shape index (κ3) is 2.57. The molecule has 0 aliphatic carbocycles. The molecule has 0 spiro atoms. The smallest absolute Gasteiger partial charge is 0.247 e. The molecule has 0 radical (unpaired) electrons. The van der Waals surface area contributed by atoms with Gasteiger partial charge in [-0.1, -0.05) is 11.6 Å². The van der Waals surface area contributed by atoms with E-state index in [1.165, 1.54) is 0 Å². The summed E-state index contributed by atoms with van der Waals surface area (Å²) < 4.78 is 61.3. The lowest BCUT2D eigenvalue weighted by molar-refractivity contribution is -0.139. The van der Waals surface area contributed by atoms with Gasteiger partial charge in [0.15, 0.2) is 0 Å². The number of alkyl halides is 5. The van der Waals surface area contributed by atoms with Gasteiger partial charge in [0.2, 0.25) is 0 Å². The molecule has 0 atom stereocenters. The molecule has 0 N–H and O–H groups in total. The number of aromatic nitrogens is 1. The van der Waals surface area contributed by atoms with Gasteiger partial charge in [0.25, 0.3) is 6.43 Å². The Morgan fingerprint density at radius 1 is 1.33 bits per heavy atom. The Balaban J connectivity index is 3.53. The highest BCUT2D eigenvalue weighted by Crippen LogP contribution is 2.42. The molecular weight excluding hydrogens is 308 g/mol. The molecule has 1 aromatic heterocycles. The fourth-order valence-corrected chi connectivity index (χ4v) is 1.70. The van der Waals surface area contributed by atoms with Gasteiger partial charge in [0.1, 0.15) is 4.60 Å². The van der Waals surface area contributed by atoms with Crippen LogP contribution in [0.15, 0.2) is 10.8 Å². The van der Waals surface area contributed by atoms with Crippen molar-refractivity contribution in [3.63, 3.8) is 0 Å². The highest BCUT2D eigenvalue weighted by Gasteiger charge is 2.39. The molecule has 0 aliphatic heterocycles. The highest BCUT2D eigenvalue weighted by atomic mass is 79.9. The SMILES string of the molecule is FC(F)c1c(Br)ncc(Cl)c1C(F)(F)F. The summed E-state index contributed by atoms with van der Waals surface area (Å²) in [5.41, 5.74) is -2.80. The van der Waals surface area contributed by atoms with E-state index in [0.717, 1.165) is 0 Å². The van der Waals surface area contributed by atoms with Crippen LogP contribution in [0.25, 0.3) is 0 Å². The summed E-state index contributed by atoms with van der Waals surface area (Å²) in [5.74, 6) is 0. The number of hydrogen-bond acceptors (Lipinski definition) is 1. The lowest BCUT2D eigenvalue weighted by Crippen LogP contribution is -2.12. The van der Waals surface area contributed by atoms with Crippen molar-refractivity contribution in [3.05, 3.63) is 26.9 Å². The Kier molecular flexibility index (Phi) is 3.55. The molecule has 1 nitrogen and oxygen atoms in total. The summed E-state index contributed by atoms with van der Waals surface area (Å²) in [6.07, 6.45) is -7.57. The maximum Gasteiger partial charge on any atom is 0.418 e. The molecule has 0 unspecified atom stereocenters. The summed E-state index contributed by atoms with van der Waals surface area (Å²) in [7, 11) is 0. The van der Waals surface area contributed by atoms with Crippen LogP contribution in [0.2, 0.25) is 5.02 Å². The Morgan fingerprint density at radius 2 is 1.87 bits per heavy atom. The normalized spacial score (nSPS) is 12.3. The van der Waals surface area contributed by atoms with Crippen molar-refractivity contribution in [2.45, 2.75) is 12.6 Å². The van der Waals surface area contributed by atoms with Crippen LogP contribution in [0.5, 0.6) is 0 Å². The monoisotopic (exact) mass is 309 g/mol. The van der Waals surface area contributed by atoms with Crippen molar-refractivity contribution < 1.29 is 22.0 Å². The molecule has 84 valence electrons.